The second-order valence-electron chi connectivity index (χ2n) is 3.61. The highest BCUT2D eigenvalue weighted by Gasteiger charge is 2.30. The maximum absolute atomic E-state index is 11.7. The largest absolute Gasteiger partial charge is 0.294 e. The van der Waals surface area contributed by atoms with E-state index in [1.165, 1.54) is 11.8 Å². The van der Waals surface area contributed by atoms with Gasteiger partial charge < -0.3 is 0 Å². The summed E-state index contributed by atoms with van der Waals surface area (Å²) in [6.45, 7) is 0. The molecule has 0 radical (unpaired) electrons. The van der Waals surface area contributed by atoms with Crippen molar-refractivity contribution in [2.75, 3.05) is 5.75 Å². The molecule has 2 rings (SSSR count). The Morgan fingerprint density at radius 1 is 1.40 bits per heavy atom. The average molecular weight is 217 g/mol. The van der Waals surface area contributed by atoms with Gasteiger partial charge in [0.25, 0.3) is 0 Å². The Labute approximate surface area is 93.3 Å². The molecule has 0 unspecified atom stereocenters. The molecule has 0 aliphatic heterocycles. The van der Waals surface area contributed by atoms with E-state index in [-0.39, 0.29) is 11.7 Å². The van der Waals surface area contributed by atoms with Crippen LogP contribution in [0, 0.1) is 17.2 Å². The summed E-state index contributed by atoms with van der Waals surface area (Å²) in [5.74, 6) is 1.00. The van der Waals surface area contributed by atoms with Crippen molar-refractivity contribution < 1.29 is 4.79 Å². The lowest BCUT2D eigenvalue weighted by Gasteiger charge is -2.00. The summed E-state index contributed by atoms with van der Waals surface area (Å²) >= 11 is 1.49. The third-order valence-corrected chi connectivity index (χ3v) is 3.27. The highest BCUT2D eigenvalue weighted by Crippen LogP contribution is 2.32. The predicted molar refractivity (Wildman–Crippen MR) is 59.8 cm³/mol. The number of carbonyl (C=O) groups excluding carboxylic acids is 1. The lowest BCUT2D eigenvalue weighted by Crippen LogP contribution is -2.00. The Kier molecular flexibility index (Phi) is 3.08. The molecule has 1 aromatic carbocycles. The number of nitrogens with zero attached hydrogens (tertiary/aromatic N) is 1. The number of ketones is 1. The molecule has 0 saturated heterocycles. The van der Waals surface area contributed by atoms with Gasteiger partial charge in [0.05, 0.1) is 11.8 Å². The summed E-state index contributed by atoms with van der Waals surface area (Å²) in [6, 6.07) is 9.63. The number of carbonyl (C=O) groups is 1. The molecular weight excluding hydrogens is 206 g/mol. The van der Waals surface area contributed by atoms with Gasteiger partial charge in [0, 0.05) is 16.4 Å². The first-order chi connectivity index (χ1) is 7.31. The Hall–Kier alpha value is -1.27. The number of nitriles is 1. The number of hydrogen-bond acceptors (Lipinski definition) is 3. The molecule has 0 atom stereocenters. The van der Waals surface area contributed by atoms with Crippen LogP contribution in [0.25, 0.3) is 0 Å². The average Bonchev–Trinajstić information content (AvgIpc) is 3.10. The number of thioether (sulfide) groups is 1. The minimum Gasteiger partial charge on any atom is -0.294 e. The van der Waals surface area contributed by atoms with Crippen molar-refractivity contribution in [3.63, 3.8) is 0 Å². The van der Waals surface area contributed by atoms with Crippen LogP contribution in [-0.2, 0) is 0 Å². The van der Waals surface area contributed by atoms with Crippen molar-refractivity contribution >= 4 is 17.5 Å². The van der Waals surface area contributed by atoms with Gasteiger partial charge in [-0.25, -0.2) is 0 Å². The van der Waals surface area contributed by atoms with Gasteiger partial charge in [-0.15, -0.1) is 11.8 Å². The molecule has 1 aromatic rings. The van der Waals surface area contributed by atoms with Gasteiger partial charge in [-0.05, 0) is 25.0 Å². The zero-order valence-corrected chi connectivity index (χ0v) is 9.09. The van der Waals surface area contributed by atoms with Gasteiger partial charge in [-0.2, -0.15) is 5.26 Å². The van der Waals surface area contributed by atoms with Crippen molar-refractivity contribution in [1.29, 1.82) is 5.26 Å². The van der Waals surface area contributed by atoms with Crippen LogP contribution < -0.4 is 0 Å². The summed E-state index contributed by atoms with van der Waals surface area (Å²) in [7, 11) is 0. The number of hydrogen-bond donors (Lipinski definition) is 0. The SMILES string of the molecule is N#CCSc1ccc(C(=O)C2CC2)cc1. The van der Waals surface area contributed by atoms with Crippen molar-refractivity contribution in [2.45, 2.75) is 17.7 Å². The summed E-state index contributed by atoms with van der Waals surface area (Å²) in [5.41, 5.74) is 0.804. The molecule has 3 heteroatoms. The molecular formula is C12H11NOS. The molecule has 0 bridgehead atoms. The maximum atomic E-state index is 11.7. The van der Waals surface area contributed by atoms with E-state index >= 15 is 0 Å². The van der Waals surface area contributed by atoms with Gasteiger partial charge >= 0.3 is 0 Å². The highest BCUT2D eigenvalue weighted by molar-refractivity contribution is 7.99. The van der Waals surface area contributed by atoms with E-state index in [0.29, 0.717) is 5.75 Å². The highest BCUT2D eigenvalue weighted by atomic mass is 32.2. The Balaban J connectivity index is 2.03. The Morgan fingerprint density at radius 2 is 2.07 bits per heavy atom. The molecule has 76 valence electrons. The van der Waals surface area contributed by atoms with Gasteiger partial charge in [-0.3, -0.25) is 4.79 Å². The van der Waals surface area contributed by atoms with Crippen molar-refractivity contribution in [1.82, 2.24) is 0 Å². The quantitative estimate of drug-likeness (QED) is 0.575. The molecule has 1 saturated carbocycles. The van der Waals surface area contributed by atoms with Crippen LogP contribution in [0.5, 0.6) is 0 Å². The monoisotopic (exact) mass is 217 g/mol. The fourth-order valence-electron chi connectivity index (χ4n) is 1.41. The van der Waals surface area contributed by atoms with Gasteiger partial charge in [-0.1, -0.05) is 12.1 Å². The lowest BCUT2D eigenvalue weighted by molar-refractivity contribution is 0.0967. The topological polar surface area (TPSA) is 40.9 Å². The van der Waals surface area contributed by atoms with Gasteiger partial charge in [0.2, 0.25) is 0 Å². The lowest BCUT2D eigenvalue weighted by atomic mass is 10.1. The third-order valence-electron chi connectivity index (χ3n) is 2.39. The maximum Gasteiger partial charge on any atom is 0.165 e. The zero-order chi connectivity index (χ0) is 10.7. The summed E-state index contributed by atoms with van der Waals surface area (Å²) < 4.78 is 0. The van der Waals surface area contributed by atoms with Crippen molar-refractivity contribution in [2.24, 2.45) is 5.92 Å². The molecule has 15 heavy (non-hydrogen) atoms. The third kappa shape index (κ3) is 2.60. The van der Waals surface area contributed by atoms with Gasteiger partial charge in [0.1, 0.15) is 0 Å². The molecule has 0 spiro atoms. The van der Waals surface area contributed by atoms with E-state index in [4.69, 9.17) is 5.26 Å². The van der Waals surface area contributed by atoms with E-state index in [0.717, 1.165) is 23.3 Å². The number of rotatable bonds is 4. The predicted octanol–water partition coefficient (Wildman–Crippen LogP) is 2.89. The van der Waals surface area contributed by atoms with Crippen LogP contribution in [0.15, 0.2) is 29.2 Å². The molecule has 0 aromatic heterocycles. The molecule has 0 N–H and O–H groups in total. The minimum atomic E-state index is 0.270. The Morgan fingerprint density at radius 3 is 2.60 bits per heavy atom. The van der Waals surface area contributed by atoms with E-state index in [1.54, 1.807) is 0 Å². The van der Waals surface area contributed by atoms with Crippen LogP contribution in [0.4, 0.5) is 0 Å². The zero-order valence-electron chi connectivity index (χ0n) is 8.27. The molecule has 2 nitrogen and oxygen atoms in total. The summed E-state index contributed by atoms with van der Waals surface area (Å²) in [6.07, 6.45) is 2.09. The summed E-state index contributed by atoms with van der Waals surface area (Å²) in [5, 5.41) is 8.43. The molecule has 0 heterocycles. The Bertz CT molecular complexity index is 401. The fourth-order valence-corrected chi connectivity index (χ4v) is 1.97. The normalized spacial score (nSPS) is 14.6. The van der Waals surface area contributed by atoms with E-state index in [1.807, 2.05) is 24.3 Å². The van der Waals surface area contributed by atoms with Crippen LogP contribution in [0.1, 0.15) is 23.2 Å². The van der Waals surface area contributed by atoms with E-state index < -0.39 is 0 Å². The fraction of sp³-hybridized carbons (Fsp3) is 0.333. The first-order valence-corrected chi connectivity index (χ1v) is 5.94. The summed E-state index contributed by atoms with van der Waals surface area (Å²) in [4.78, 5) is 12.7. The molecule has 0 amide bonds. The van der Waals surface area contributed by atoms with Crippen molar-refractivity contribution in [3.8, 4) is 6.07 Å². The standard InChI is InChI=1S/C12H11NOS/c13-7-8-15-11-5-3-10(4-6-11)12(14)9-1-2-9/h3-6,9H,1-2,8H2. The number of Topliss-reactive ketones (excluding diaryl/α,β-unsaturated/α-hetero) is 1. The van der Waals surface area contributed by atoms with Crippen LogP contribution >= 0.6 is 11.8 Å². The van der Waals surface area contributed by atoms with Crippen LogP contribution in [0.3, 0.4) is 0 Å². The van der Waals surface area contributed by atoms with Crippen molar-refractivity contribution in [3.05, 3.63) is 29.8 Å². The first kappa shape index (κ1) is 10.3. The van der Waals surface area contributed by atoms with E-state index in [2.05, 4.69) is 6.07 Å². The molecule has 1 aliphatic carbocycles. The minimum absolute atomic E-state index is 0.270. The molecule has 1 fully saturated rings. The van der Waals surface area contributed by atoms with E-state index in [9.17, 15) is 4.79 Å². The smallest absolute Gasteiger partial charge is 0.165 e. The second-order valence-corrected chi connectivity index (χ2v) is 4.66. The van der Waals surface area contributed by atoms with Gasteiger partial charge in [0.15, 0.2) is 5.78 Å². The number of benzene rings is 1. The molecule has 1 aliphatic rings. The van der Waals surface area contributed by atoms with Crippen LogP contribution in [0.2, 0.25) is 0 Å². The second kappa shape index (κ2) is 4.50. The first-order valence-electron chi connectivity index (χ1n) is 4.95. The van der Waals surface area contributed by atoms with Crippen LogP contribution in [-0.4, -0.2) is 11.5 Å².